The lowest BCUT2D eigenvalue weighted by Gasteiger charge is -2.23. The van der Waals surface area contributed by atoms with Crippen molar-refractivity contribution in [2.75, 3.05) is 0 Å². The van der Waals surface area contributed by atoms with Crippen LogP contribution in [0.3, 0.4) is 0 Å². The van der Waals surface area contributed by atoms with Gasteiger partial charge in [-0.2, -0.15) is 0 Å². The molecule has 3 nitrogen and oxygen atoms in total. The summed E-state index contributed by atoms with van der Waals surface area (Å²) in [5.74, 6) is -0.0653. The van der Waals surface area contributed by atoms with Crippen molar-refractivity contribution in [3.05, 3.63) is 48.1 Å². The van der Waals surface area contributed by atoms with Crippen molar-refractivity contribution < 1.29 is 14.3 Å². The molecule has 0 saturated heterocycles. The van der Waals surface area contributed by atoms with Gasteiger partial charge in [-0.3, -0.25) is 9.59 Å². The first-order chi connectivity index (χ1) is 11.5. The predicted molar refractivity (Wildman–Crippen MR) is 96.5 cm³/mol. The Labute approximate surface area is 145 Å². The molecule has 1 aliphatic carbocycles. The highest BCUT2D eigenvalue weighted by Crippen LogP contribution is 2.39. The van der Waals surface area contributed by atoms with Crippen LogP contribution < -0.4 is 0 Å². The molecular formula is C21H28O3. The van der Waals surface area contributed by atoms with E-state index in [-0.39, 0.29) is 23.3 Å². The Bertz CT molecular complexity index is 580. The largest absolute Gasteiger partial charge is 0.462 e. The minimum absolute atomic E-state index is 0.0787. The Morgan fingerprint density at radius 1 is 1.29 bits per heavy atom. The monoisotopic (exact) mass is 328 g/mol. The zero-order valence-electron chi connectivity index (χ0n) is 14.8. The van der Waals surface area contributed by atoms with Gasteiger partial charge in [0.25, 0.3) is 0 Å². The zero-order chi connectivity index (χ0) is 17.4. The SMILES string of the molecule is CC/C=C\C[C@H]1C/C=C2/C(=O)C=C[C@@]2(C)C/C=C\CCCC(=O)O1. The third kappa shape index (κ3) is 5.05. The first-order valence-corrected chi connectivity index (χ1v) is 8.99. The summed E-state index contributed by atoms with van der Waals surface area (Å²) in [5, 5.41) is 0. The predicted octanol–water partition coefficient (Wildman–Crippen LogP) is 4.85. The van der Waals surface area contributed by atoms with Gasteiger partial charge in [-0.15, -0.1) is 0 Å². The van der Waals surface area contributed by atoms with Gasteiger partial charge < -0.3 is 4.74 Å². The highest BCUT2D eigenvalue weighted by atomic mass is 16.5. The fraction of sp³-hybridized carbons (Fsp3) is 0.524. The minimum Gasteiger partial charge on any atom is -0.462 e. The second kappa shape index (κ2) is 8.81. The van der Waals surface area contributed by atoms with Crippen LogP contribution in [-0.2, 0) is 14.3 Å². The smallest absolute Gasteiger partial charge is 0.306 e. The van der Waals surface area contributed by atoms with Gasteiger partial charge in [0.1, 0.15) is 6.10 Å². The maximum atomic E-state index is 12.2. The van der Waals surface area contributed by atoms with Gasteiger partial charge in [-0.05, 0) is 31.8 Å². The first-order valence-electron chi connectivity index (χ1n) is 8.99. The van der Waals surface area contributed by atoms with E-state index < -0.39 is 0 Å². The summed E-state index contributed by atoms with van der Waals surface area (Å²) in [6, 6.07) is 0. The molecule has 0 bridgehead atoms. The van der Waals surface area contributed by atoms with Crippen LogP contribution in [-0.4, -0.2) is 17.9 Å². The van der Waals surface area contributed by atoms with Crippen LogP contribution in [0.2, 0.25) is 0 Å². The summed E-state index contributed by atoms with van der Waals surface area (Å²) in [6.45, 7) is 4.18. The number of carbonyl (C=O) groups is 2. The van der Waals surface area contributed by atoms with Crippen molar-refractivity contribution in [3.8, 4) is 0 Å². The Balaban J connectivity index is 2.20. The molecule has 0 amide bonds. The number of hydrogen-bond donors (Lipinski definition) is 0. The molecule has 0 saturated carbocycles. The third-order valence-corrected chi connectivity index (χ3v) is 4.63. The number of rotatable bonds is 3. The van der Waals surface area contributed by atoms with E-state index in [4.69, 9.17) is 4.74 Å². The van der Waals surface area contributed by atoms with Gasteiger partial charge in [-0.25, -0.2) is 0 Å². The third-order valence-electron chi connectivity index (χ3n) is 4.63. The molecule has 0 radical (unpaired) electrons. The van der Waals surface area contributed by atoms with Crippen molar-refractivity contribution in [2.45, 2.75) is 64.9 Å². The van der Waals surface area contributed by atoms with Gasteiger partial charge in [0, 0.05) is 30.3 Å². The van der Waals surface area contributed by atoms with Crippen LogP contribution >= 0.6 is 0 Å². The van der Waals surface area contributed by atoms with Crippen LogP contribution in [0.4, 0.5) is 0 Å². The molecule has 3 heteroatoms. The molecule has 0 unspecified atom stereocenters. The summed E-state index contributed by atoms with van der Waals surface area (Å²) in [6.07, 6.45) is 19.0. The molecule has 24 heavy (non-hydrogen) atoms. The van der Waals surface area contributed by atoms with E-state index in [9.17, 15) is 9.59 Å². The van der Waals surface area contributed by atoms with E-state index in [0.717, 1.165) is 31.3 Å². The van der Waals surface area contributed by atoms with Crippen LogP contribution in [0.15, 0.2) is 48.1 Å². The molecule has 0 fully saturated rings. The second-order valence-corrected chi connectivity index (χ2v) is 6.76. The number of esters is 1. The van der Waals surface area contributed by atoms with Crippen LogP contribution in [0, 0.1) is 5.41 Å². The summed E-state index contributed by atoms with van der Waals surface area (Å²) < 4.78 is 5.64. The van der Waals surface area contributed by atoms with Crippen molar-refractivity contribution >= 4 is 11.8 Å². The van der Waals surface area contributed by atoms with E-state index in [1.807, 2.05) is 12.2 Å². The quantitative estimate of drug-likeness (QED) is 0.549. The van der Waals surface area contributed by atoms with E-state index in [0.29, 0.717) is 19.3 Å². The fourth-order valence-electron chi connectivity index (χ4n) is 3.14. The van der Waals surface area contributed by atoms with Crippen LogP contribution in [0.5, 0.6) is 0 Å². The highest BCUT2D eigenvalue weighted by Gasteiger charge is 2.33. The molecule has 2 aliphatic rings. The number of allylic oxidation sites excluding steroid dienone is 6. The summed E-state index contributed by atoms with van der Waals surface area (Å²) >= 11 is 0. The maximum absolute atomic E-state index is 12.2. The van der Waals surface area contributed by atoms with Gasteiger partial charge >= 0.3 is 5.97 Å². The Kier molecular flexibility index (Phi) is 6.77. The molecule has 0 spiro atoms. The van der Waals surface area contributed by atoms with Crippen molar-refractivity contribution in [1.82, 2.24) is 0 Å². The van der Waals surface area contributed by atoms with Gasteiger partial charge in [0.05, 0.1) is 0 Å². The molecule has 2 rings (SSSR count). The van der Waals surface area contributed by atoms with E-state index in [2.05, 4.69) is 38.2 Å². The average Bonchev–Trinajstić information content (AvgIpc) is 2.83. The minimum atomic E-state index is -0.241. The molecule has 1 heterocycles. The lowest BCUT2D eigenvalue weighted by Crippen LogP contribution is -2.19. The van der Waals surface area contributed by atoms with Gasteiger partial charge in [0.2, 0.25) is 0 Å². The Morgan fingerprint density at radius 3 is 2.92 bits per heavy atom. The van der Waals surface area contributed by atoms with E-state index in [1.165, 1.54) is 0 Å². The van der Waals surface area contributed by atoms with Gasteiger partial charge in [0.15, 0.2) is 5.78 Å². The van der Waals surface area contributed by atoms with Crippen molar-refractivity contribution in [2.24, 2.45) is 5.41 Å². The average molecular weight is 328 g/mol. The lowest BCUT2D eigenvalue weighted by atomic mass is 9.80. The van der Waals surface area contributed by atoms with E-state index in [1.54, 1.807) is 6.08 Å². The molecular weight excluding hydrogens is 300 g/mol. The molecule has 0 N–H and O–H groups in total. The highest BCUT2D eigenvalue weighted by molar-refractivity contribution is 6.08. The second-order valence-electron chi connectivity index (χ2n) is 6.76. The first kappa shape index (κ1) is 18.4. The Morgan fingerprint density at radius 2 is 2.12 bits per heavy atom. The lowest BCUT2D eigenvalue weighted by molar-refractivity contribution is -0.148. The number of hydrogen-bond acceptors (Lipinski definition) is 3. The number of fused-ring (bicyclic) bond motifs is 1. The number of ether oxygens (including phenoxy) is 1. The van der Waals surface area contributed by atoms with Crippen LogP contribution in [0.25, 0.3) is 0 Å². The summed E-state index contributed by atoms with van der Waals surface area (Å²) in [7, 11) is 0. The molecule has 0 aromatic heterocycles. The number of ketones is 1. The van der Waals surface area contributed by atoms with E-state index >= 15 is 0 Å². The maximum Gasteiger partial charge on any atom is 0.306 e. The number of cyclic esters (lactones) is 1. The summed E-state index contributed by atoms with van der Waals surface area (Å²) in [4.78, 5) is 24.2. The zero-order valence-corrected chi connectivity index (χ0v) is 14.8. The van der Waals surface area contributed by atoms with Crippen molar-refractivity contribution in [1.29, 1.82) is 0 Å². The molecule has 130 valence electrons. The standard InChI is InChI=1S/C21H28O3/c1-3-4-7-10-17-12-13-18-19(22)14-16-21(18,2)15-9-6-5-8-11-20(23)24-17/h4,6-7,9,13-14,16-17H,3,5,8,10-12,15H2,1-2H3/b7-4-,9-6-,18-13-/t17-,21+/m0/s1. The van der Waals surface area contributed by atoms with Gasteiger partial charge in [-0.1, -0.05) is 50.3 Å². The molecule has 2 atom stereocenters. The topological polar surface area (TPSA) is 43.4 Å². The number of carbonyl (C=O) groups excluding carboxylic acids is 2. The molecule has 1 aliphatic heterocycles. The summed E-state index contributed by atoms with van der Waals surface area (Å²) in [5.41, 5.74) is 0.585. The molecule has 0 aromatic carbocycles. The molecule has 0 aromatic rings. The fourth-order valence-corrected chi connectivity index (χ4v) is 3.14. The van der Waals surface area contributed by atoms with Crippen LogP contribution in [0.1, 0.15) is 58.8 Å². The van der Waals surface area contributed by atoms with Crippen molar-refractivity contribution in [3.63, 3.8) is 0 Å². The normalized spacial score (nSPS) is 32.2. The Hall–Kier alpha value is -1.90.